The minimum absolute atomic E-state index is 0.0556. The zero-order valence-electron chi connectivity index (χ0n) is 24.1. The maximum absolute atomic E-state index is 13.0. The van der Waals surface area contributed by atoms with Crippen molar-refractivity contribution in [2.24, 2.45) is 0 Å². The molecule has 1 N–H and O–H groups in total. The number of ketones is 1. The van der Waals surface area contributed by atoms with Crippen molar-refractivity contribution in [3.63, 3.8) is 0 Å². The van der Waals surface area contributed by atoms with Crippen LogP contribution < -0.4 is 19.3 Å². The van der Waals surface area contributed by atoms with Crippen LogP contribution in [0.1, 0.15) is 26.3 Å². The molecule has 0 fully saturated rings. The Labute approximate surface area is 245 Å². The van der Waals surface area contributed by atoms with Gasteiger partial charge in [-0.05, 0) is 60.2 Å². The Balaban J connectivity index is 1.29. The molecule has 0 unspecified atom stereocenters. The standard InChI is InChI=1S/C31H33N3O7S/c1-21(35)32-22-10-16-26(17-11-22)42(38,39)34(5)23-12-14-25(15-13-23)40-20-30(37)41-19-24(36)18-29-31(2,3)27-8-6-7-9-28(27)33(29)4/h6-18H,19-20H2,1-5H3,(H,32,35). The number of nitrogens with one attached hydrogen (secondary N) is 1. The highest BCUT2D eigenvalue weighted by Gasteiger charge is 2.38. The van der Waals surface area contributed by atoms with Gasteiger partial charge in [0.15, 0.2) is 19.0 Å². The fraction of sp³-hybridized carbons (Fsp3) is 0.258. The Bertz CT molecular complexity index is 1630. The predicted molar refractivity (Wildman–Crippen MR) is 160 cm³/mol. The largest absolute Gasteiger partial charge is 0.482 e. The van der Waals surface area contributed by atoms with E-state index in [0.29, 0.717) is 17.1 Å². The van der Waals surface area contributed by atoms with Crippen LogP contribution in [0.4, 0.5) is 17.1 Å². The van der Waals surface area contributed by atoms with Gasteiger partial charge in [-0.15, -0.1) is 0 Å². The molecular formula is C31H33N3O7S. The van der Waals surface area contributed by atoms with E-state index in [4.69, 9.17) is 9.47 Å². The van der Waals surface area contributed by atoms with E-state index in [9.17, 15) is 22.8 Å². The van der Waals surface area contributed by atoms with Crippen LogP contribution in [0.3, 0.4) is 0 Å². The molecule has 0 saturated heterocycles. The van der Waals surface area contributed by atoms with Gasteiger partial charge in [-0.3, -0.25) is 13.9 Å². The summed E-state index contributed by atoms with van der Waals surface area (Å²) in [7, 11) is -0.544. The number of likely N-dealkylation sites (N-methyl/N-ethyl adjacent to an activating group) is 1. The molecule has 10 nitrogen and oxygen atoms in total. The number of sulfonamides is 1. The number of hydrogen-bond donors (Lipinski definition) is 1. The molecule has 1 aliphatic heterocycles. The van der Waals surface area contributed by atoms with Gasteiger partial charge in [-0.1, -0.05) is 32.0 Å². The Morgan fingerprint density at radius 2 is 1.60 bits per heavy atom. The average Bonchev–Trinajstić information content (AvgIpc) is 3.15. The summed E-state index contributed by atoms with van der Waals surface area (Å²) in [5, 5.41) is 2.59. The molecule has 3 aromatic carbocycles. The van der Waals surface area contributed by atoms with Crippen molar-refractivity contribution in [1.29, 1.82) is 0 Å². The SMILES string of the molecule is CC(=O)Nc1ccc(S(=O)(=O)N(C)c2ccc(OCC(=O)OCC(=O)C=C3N(C)c4ccccc4C3(C)C)cc2)cc1. The lowest BCUT2D eigenvalue weighted by atomic mass is 9.83. The second kappa shape index (κ2) is 12.1. The number of benzene rings is 3. The van der Waals surface area contributed by atoms with Gasteiger partial charge in [-0.25, -0.2) is 13.2 Å². The van der Waals surface area contributed by atoms with E-state index < -0.39 is 29.2 Å². The topological polar surface area (TPSA) is 122 Å². The number of carbonyl (C=O) groups excluding carboxylic acids is 3. The van der Waals surface area contributed by atoms with Gasteiger partial charge in [-0.2, -0.15) is 0 Å². The van der Waals surface area contributed by atoms with E-state index in [0.717, 1.165) is 21.3 Å². The average molecular weight is 592 g/mol. The lowest BCUT2D eigenvalue weighted by Crippen LogP contribution is -2.26. The minimum Gasteiger partial charge on any atom is -0.482 e. The van der Waals surface area contributed by atoms with Gasteiger partial charge in [0.25, 0.3) is 10.0 Å². The highest BCUT2D eigenvalue weighted by Crippen LogP contribution is 2.46. The molecule has 1 heterocycles. The fourth-order valence-corrected chi connectivity index (χ4v) is 5.95. The first-order valence-corrected chi connectivity index (χ1v) is 14.6. The third-order valence-electron chi connectivity index (χ3n) is 7.00. The first-order valence-electron chi connectivity index (χ1n) is 13.1. The van der Waals surface area contributed by atoms with Crippen LogP contribution in [0.5, 0.6) is 5.75 Å². The molecule has 1 aliphatic rings. The number of hydrogen-bond acceptors (Lipinski definition) is 8. The van der Waals surface area contributed by atoms with E-state index in [-0.39, 0.29) is 22.0 Å². The van der Waals surface area contributed by atoms with Crippen molar-refractivity contribution < 1.29 is 32.3 Å². The molecule has 220 valence electrons. The number of para-hydroxylation sites is 1. The molecule has 0 spiro atoms. The van der Waals surface area contributed by atoms with E-state index in [1.165, 1.54) is 68.6 Å². The number of rotatable bonds is 10. The maximum Gasteiger partial charge on any atom is 0.344 e. The Morgan fingerprint density at radius 3 is 2.21 bits per heavy atom. The maximum atomic E-state index is 13.0. The second-order valence-electron chi connectivity index (χ2n) is 10.3. The van der Waals surface area contributed by atoms with Gasteiger partial charge in [0.05, 0.1) is 10.6 Å². The summed E-state index contributed by atoms with van der Waals surface area (Å²) < 4.78 is 37.7. The van der Waals surface area contributed by atoms with E-state index >= 15 is 0 Å². The summed E-state index contributed by atoms with van der Waals surface area (Å²) in [6.07, 6.45) is 1.51. The molecule has 0 atom stereocenters. The Kier molecular flexibility index (Phi) is 8.72. The molecule has 4 rings (SSSR count). The van der Waals surface area contributed by atoms with Gasteiger partial charge in [0.2, 0.25) is 5.91 Å². The number of nitrogens with zero attached hydrogens (tertiary/aromatic N) is 2. The van der Waals surface area contributed by atoms with E-state index in [2.05, 4.69) is 5.32 Å². The number of esters is 1. The van der Waals surface area contributed by atoms with E-state index in [1.54, 1.807) is 0 Å². The number of amides is 1. The number of fused-ring (bicyclic) bond motifs is 1. The number of ether oxygens (including phenoxy) is 2. The van der Waals surface area contributed by atoms with E-state index in [1.807, 2.05) is 50.1 Å². The van der Waals surface area contributed by atoms with Crippen LogP contribution in [-0.2, 0) is 34.6 Å². The summed E-state index contributed by atoms with van der Waals surface area (Å²) in [6, 6.07) is 19.9. The molecule has 0 aromatic heterocycles. The first kappa shape index (κ1) is 30.3. The molecule has 1 amide bonds. The summed E-state index contributed by atoms with van der Waals surface area (Å²) in [5.41, 5.74) is 3.45. The molecule has 0 aliphatic carbocycles. The minimum atomic E-state index is -3.86. The normalized spacial score (nSPS) is 14.7. The molecule has 0 radical (unpaired) electrons. The second-order valence-corrected chi connectivity index (χ2v) is 12.3. The molecule has 42 heavy (non-hydrogen) atoms. The van der Waals surface area contributed by atoms with Crippen molar-refractivity contribution >= 4 is 44.7 Å². The van der Waals surface area contributed by atoms with Crippen LogP contribution in [0.15, 0.2) is 89.5 Å². The van der Waals surface area contributed by atoms with Gasteiger partial charge in [0.1, 0.15) is 5.75 Å². The van der Waals surface area contributed by atoms with Crippen LogP contribution in [0.25, 0.3) is 0 Å². The number of carbonyl (C=O) groups is 3. The highest BCUT2D eigenvalue weighted by molar-refractivity contribution is 7.92. The van der Waals surface area contributed by atoms with Crippen LogP contribution in [0, 0.1) is 0 Å². The summed E-state index contributed by atoms with van der Waals surface area (Å²) in [4.78, 5) is 38.1. The zero-order valence-corrected chi connectivity index (χ0v) is 24.9. The Morgan fingerprint density at radius 1 is 0.952 bits per heavy atom. The number of allylic oxidation sites excluding steroid dienone is 1. The first-order chi connectivity index (χ1) is 19.8. The predicted octanol–water partition coefficient (Wildman–Crippen LogP) is 4.27. The van der Waals surface area contributed by atoms with Crippen molar-refractivity contribution in [3.05, 3.63) is 90.1 Å². The van der Waals surface area contributed by atoms with Gasteiger partial charge >= 0.3 is 5.97 Å². The smallest absolute Gasteiger partial charge is 0.344 e. The third-order valence-corrected chi connectivity index (χ3v) is 8.80. The van der Waals surface area contributed by atoms with Crippen molar-refractivity contribution in [2.75, 3.05) is 41.8 Å². The molecule has 0 bridgehead atoms. The summed E-state index contributed by atoms with van der Waals surface area (Å²) in [6.45, 7) is 4.61. The lowest BCUT2D eigenvalue weighted by Gasteiger charge is -2.23. The molecular weight excluding hydrogens is 558 g/mol. The van der Waals surface area contributed by atoms with Crippen LogP contribution in [-0.4, -0.2) is 53.4 Å². The van der Waals surface area contributed by atoms with Crippen molar-refractivity contribution in [3.8, 4) is 5.75 Å². The molecule has 0 saturated carbocycles. The highest BCUT2D eigenvalue weighted by atomic mass is 32.2. The number of anilines is 3. The van der Waals surface area contributed by atoms with Crippen LogP contribution in [0.2, 0.25) is 0 Å². The fourth-order valence-electron chi connectivity index (χ4n) is 4.75. The van der Waals surface area contributed by atoms with Crippen molar-refractivity contribution in [2.45, 2.75) is 31.1 Å². The monoisotopic (exact) mass is 591 g/mol. The van der Waals surface area contributed by atoms with Crippen LogP contribution >= 0.6 is 0 Å². The third kappa shape index (κ3) is 6.46. The summed E-state index contributed by atoms with van der Waals surface area (Å²) >= 11 is 0. The Hall–Kier alpha value is -4.64. The molecule has 11 heteroatoms. The van der Waals surface area contributed by atoms with Gasteiger partial charge < -0.3 is 19.7 Å². The molecule has 3 aromatic rings. The quantitative estimate of drug-likeness (QED) is 0.274. The summed E-state index contributed by atoms with van der Waals surface area (Å²) in [5.74, 6) is -0.991. The van der Waals surface area contributed by atoms with Crippen molar-refractivity contribution in [1.82, 2.24) is 0 Å². The van der Waals surface area contributed by atoms with Gasteiger partial charge in [0, 0.05) is 49.6 Å². The lowest BCUT2D eigenvalue weighted by molar-refractivity contribution is -0.148. The zero-order chi connectivity index (χ0) is 30.7.